The van der Waals surface area contributed by atoms with Crippen molar-refractivity contribution in [2.75, 3.05) is 40.0 Å². The number of aliphatic hydroxyl groups excluding tert-OH is 1. The first kappa shape index (κ1) is 26.8. The number of hydrogen-bond acceptors (Lipinski definition) is 7. The fraction of sp³-hybridized carbons (Fsp3) is 0.643. The van der Waals surface area contributed by atoms with Crippen LogP contribution in [0.25, 0.3) is 0 Å². The average molecular weight is 501 g/mol. The first-order chi connectivity index (χ1) is 17.5. The molecule has 0 saturated carbocycles. The van der Waals surface area contributed by atoms with Crippen molar-refractivity contribution < 1.29 is 28.9 Å². The lowest BCUT2D eigenvalue weighted by molar-refractivity contribution is -0.123. The van der Waals surface area contributed by atoms with Crippen LogP contribution in [0.3, 0.4) is 0 Å². The summed E-state index contributed by atoms with van der Waals surface area (Å²) in [5.74, 6) is 0.828. The second-order valence-electron chi connectivity index (χ2n) is 10.0. The number of Topliss-reactive ketones (excluding diaryl/α,β-unsaturated/α-hetero) is 1. The van der Waals surface area contributed by atoms with Crippen LogP contribution in [-0.4, -0.2) is 86.0 Å². The Balaban J connectivity index is 1.26. The molecule has 0 spiro atoms. The molecule has 2 aliphatic carbocycles. The Hall–Kier alpha value is -2.26. The van der Waals surface area contributed by atoms with E-state index >= 15 is 0 Å². The van der Waals surface area contributed by atoms with Gasteiger partial charge >= 0.3 is 0 Å². The Morgan fingerprint density at radius 3 is 2.75 bits per heavy atom. The zero-order valence-corrected chi connectivity index (χ0v) is 21.3. The van der Waals surface area contributed by atoms with Crippen molar-refractivity contribution >= 4 is 11.7 Å². The Morgan fingerprint density at radius 2 is 2.00 bits per heavy atom. The molecule has 36 heavy (non-hydrogen) atoms. The standard InChI is InChI=1S/C28H40N2O6/c1-34-22-11-8-20(9-12-22)24(31)6-2-3-7-27(32)29-23(19-30-14-4-5-15-30)28(33)21-10-13-25-26(18-21)36-17-16-35-25/h8-11,13,22-23,26,28,33H,2-7,12,14-19H2,1H3,(H,29,32). The minimum absolute atomic E-state index is 0.0417. The summed E-state index contributed by atoms with van der Waals surface area (Å²) in [6.07, 6.45) is 14.2. The predicted octanol–water partition coefficient (Wildman–Crippen LogP) is 2.59. The zero-order chi connectivity index (χ0) is 25.3. The molecule has 4 rings (SSSR count). The average Bonchev–Trinajstić information content (AvgIpc) is 3.43. The summed E-state index contributed by atoms with van der Waals surface area (Å²) in [4.78, 5) is 27.6. The molecule has 4 atom stereocenters. The summed E-state index contributed by atoms with van der Waals surface area (Å²) < 4.78 is 16.7. The van der Waals surface area contributed by atoms with Gasteiger partial charge in [0, 0.05) is 38.5 Å². The number of nitrogens with zero attached hydrogens (tertiary/aromatic N) is 1. The van der Waals surface area contributed by atoms with Crippen LogP contribution in [-0.2, 0) is 23.8 Å². The van der Waals surface area contributed by atoms with Gasteiger partial charge in [0.05, 0.1) is 24.9 Å². The van der Waals surface area contributed by atoms with E-state index in [4.69, 9.17) is 14.2 Å². The fourth-order valence-electron chi connectivity index (χ4n) is 5.23. The van der Waals surface area contributed by atoms with Crippen molar-refractivity contribution in [1.82, 2.24) is 10.2 Å². The molecule has 2 fully saturated rings. The number of rotatable bonds is 12. The second-order valence-corrected chi connectivity index (χ2v) is 10.0. The van der Waals surface area contributed by atoms with E-state index in [1.54, 1.807) is 7.11 Å². The van der Waals surface area contributed by atoms with Gasteiger partial charge in [0.25, 0.3) is 0 Å². The topological polar surface area (TPSA) is 97.3 Å². The number of methoxy groups -OCH3 is 1. The minimum Gasteiger partial charge on any atom is -0.493 e. The molecular weight excluding hydrogens is 460 g/mol. The van der Waals surface area contributed by atoms with Crippen LogP contribution in [0, 0.1) is 0 Å². The molecule has 8 heteroatoms. The quantitative estimate of drug-likeness (QED) is 0.398. The van der Waals surface area contributed by atoms with E-state index < -0.39 is 12.1 Å². The molecule has 0 radical (unpaired) electrons. The first-order valence-electron chi connectivity index (χ1n) is 13.3. The summed E-state index contributed by atoms with van der Waals surface area (Å²) >= 11 is 0. The van der Waals surface area contributed by atoms with E-state index in [9.17, 15) is 14.7 Å². The lowest BCUT2D eigenvalue weighted by Gasteiger charge is -2.34. The Bertz CT molecular complexity index is 902. The summed E-state index contributed by atoms with van der Waals surface area (Å²) in [7, 11) is 1.66. The van der Waals surface area contributed by atoms with E-state index in [1.165, 1.54) is 0 Å². The maximum atomic E-state index is 12.8. The van der Waals surface area contributed by atoms with Crippen LogP contribution in [0.2, 0.25) is 0 Å². The van der Waals surface area contributed by atoms with Crippen LogP contribution in [0.15, 0.2) is 47.3 Å². The molecular formula is C28H40N2O6. The number of hydrogen-bond donors (Lipinski definition) is 2. The number of carbonyl (C=O) groups is 2. The number of ketones is 1. The largest absolute Gasteiger partial charge is 0.493 e. The maximum Gasteiger partial charge on any atom is 0.220 e. The number of unbranched alkanes of at least 4 members (excludes halogenated alkanes) is 1. The number of nitrogens with one attached hydrogen (secondary N) is 1. The first-order valence-corrected chi connectivity index (χ1v) is 13.3. The van der Waals surface area contributed by atoms with Crippen molar-refractivity contribution in [2.24, 2.45) is 0 Å². The number of ether oxygens (including phenoxy) is 3. The van der Waals surface area contributed by atoms with E-state index in [1.807, 2.05) is 30.4 Å². The van der Waals surface area contributed by atoms with Gasteiger partial charge in [-0.25, -0.2) is 0 Å². The van der Waals surface area contributed by atoms with Gasteiger partial charge < -0.3 is 29.5 Å². The minimum atomic E-state index is -0.791. The molecule has 2 aliphatic heterocycles. The smallest absolute Gasteiger partial charge is 0.220 e. The highest BCUT2D eigenvalue weighted by Gasteiger charge is 2.32. The lowest BCUT2D eigenvalue weighted by Crippen LogP contribution is -2.51. The van der Waals surface area contributed by atoms with Crippen LogP contribution in [0.1, 0.15) is 51.4 Å². The van der Waals surface area contributed by atoms with Gasteiger partial charge in [0.1, 0.15) is 18.5 Å². The summed E-state index contributed by atoms with van der Waals surface area (Å²) in [6, 6.07) is -0.394. The van der Waals surface area contributed by atoms with Crippen LogP contribution < -0.4 is 5.32 Å². The van der Waals surface area contributed by atoms with Crippen LogP contribution in [0.4, 0.5) is 0 Å². The monoisotopic (exact) mass is 500 g/mol. The molecule has 4 unspecified atom stereocenters. The van der Waals surface area contributed by atoms with Gasteiger partial charge in [0.2, 0.25) is 5.91 Å². The number of amides is 1. The van der Waals surface area contributed by atoms with Crippen molar-refractivity contribution in [3.63, 3.8) is 0 Å². The normalized spacial score (nSPS) is 25.7. The van der Waals surface area contributed by atoms with E-state index in [-0.39, 0.29) is 23.9 Å². The number of allylic oxidation sites excluding steroid dienone is 4. The highest BCUT2D eigenvalue weighted by molar-refractivity contribution is 5.98. The molecule has 0 aromatic heterocycles. The molecule has 8 nitrogen and oxygen atoms in total. The SMILES string of the molecule is COC1C=CC(C(=O)CCCCC(=O)NC(CN2CCCC2)C(O)C2=CC=C3OCCOC3C2)=CC1. The van der Waals surface area contributed by atoms with E-state index in [2.05, 4.69) is 10.2 Å². The highest BCUT2D eigenvalue weighted by atomic mass is 16.6. The molecule has 0 bridgehead atoms. The second kappa shape index (κ2) is 13.3. The van der Waals surface area contributed by atoms with Gasteiger partial charge in [0.15, 0.2) is 5.78 Å². The molecule has 4 aliphatic rings. The molecule has 1 amide bonds. The third-order valence-corrected chi connectivity index (χ3v) is 7.38. The van der Waals surface area contributed by atoms with Crippen LogP contribution >= 0.6 is 0 Å². The van der Waals surface area contributed by atoms with Gasteiger partial charge in [-0.3, -0.25) is 9.59 Å². The van der Waals surface area contributed by atoms with Gasteiger partial charge in [-0.15, -0.1) is 0 Å². The van der Waals surface area contributed by atoms with Crippen molar-refractivity contribution in [2.45, 2.75) is 75.7 Å². The van der Waals surface area contributed by atoms with Crippen molar-refractivity contribution in [3.8, 4) is 0 Å². The molecule has 0 aromatic carbocycles. The van der Waals surface area contributed by atoms with Crippen LogP contribution in [0.5, 0.6) is 0 Å². The van der Waals surface area contributed by atoms with Gasteiger partial charge in [-0.1, -0.05) is 24.3 Å². The lowest BCUT2D eigenvalue weighted by atomic mass is 9.91. The fourth-order valence-corrected chi connectivity index (χ4v) is 5.23. The van der Waals surface area contributed by atoms with Gasteiger partial charge in [-0.05, 0) is 56.8 Å². The van der Waals surface area contributed by atoms with Crippen molar-refractivity contribution in [3.05, 3.63) is 47.3 Å². The predicted molar refractivity (Wildman–Crippen MR) is 136 cm³/mol. The highest BCUT2D eigenvalue weighted by Crippen LogP contribution is 2.28. The molecule has 0 aromatic rings. The number of carbonyl (C=O) groups excluding carboxylic acids is 2. The molecule has 2 N–H and O–H groups in total. The summed E-state index contributed by atoms with van der Waals surface area (Å²) in [5, 5.41) is 14.3. The summed E-state index contributed by atoms with van der Waals surface area (Å²) in [6.45, 7) is 3.68. The number of likely N-dealkylation sites (tertiary alicyclic amines) is 1. The van der Waals surface area contributed by atoms with Crippen molar-refractivity contribution in [1.29, 1.82) is 0 Å². The Kier molecular flexibility index (Phi) is 9.92. The maximum absolute atomic E-state index is 12.8. The number of aliphatic hydroxyl groups is 1. The third-order valence-electron chi connectivity index (χ3n) is 7.38. The van der Waals surface area contributed by atoms with E-state index in [0.29, 0.717) is 58.3 Å². The molecule has 198 valence electrons. The third kappa shape index (κ3) is 7.38. The summed E-state index contributed by atoms with van der Waals surface area (Å²) in [5.41, 5.74) is 1.58. The Labute approximate surface area is 214 Å². The number of fused-ring (bicyclic) bond motifs is 1. The molecule has 2 saturated heterocycles. The zero-order valence-electron chi connectivity index (χ0n) is 21.3. The Morgan fingerprint density at radius 1 is 1.19 bits per heavy atom. The van der Waals surface area contributed by atoms with E-state index in [0.717, 1.165) is 42.8 Å². The van der Waals surface area contributed by atoms with Gasteiger partial charge in [-0.2, -0.15) is 0 Å². The molecule has 2 heterocycles.